The first-order valence-electron chi connectivity index (χ1n) is 15.4. The van der Waals surface area contributed by atoms with Crippen LogP contribution in [0.15, 0.2) is 124 Å². The largest absolute Gasteiger partial charge is 0.488 e. The predicted octanol–water partition coefficient (Wildman–Crippen LogP) is 7.23. The van der Waals surface area contributed by atoms with Crippen LogP contribution < -0.4 is 14.8 Å². The van der Waals surface area contributed by atoms with E-state index in [-0.39, 0.29) is 17.2 Å². The van der Waals surface area contributed by atoms with Crippen LogP contribution >= 0.6 is 11.8 Å². The highest BCUT2D eigenvalue weighted by atomic mass is 32.2. The average molecular weight is 676 g/mol. The van der Waals surface area contributed by atoms with Crippen LogP contribution in [0, 0.1) is 6.92 Å². The second kappa shape index (κ2) is 14.3. The van der Waals surface area contributed by atoms with E-state index in [0.29, 0.717) is 33.7 Å². The SMILES string of the molecule is CCc1ccc(COc2cc3ccccc3cc2C=C2SC(=Nc3ccc(CC(=O)NS(=O)(=O)c4ccc(C)cc4)cc3)NC2=O)cc1. The summed E-state index contributed by atoms with van der Waals surface area (Å²) in [5.41, 5.74) is 5.20. The van der Waals surface area contributed by atoms with Crippen LogP contribution in [-0.4, -0.2) is 25.4 Å². The number of benzene rings is 5. The molecule has 5 aromatic rings. The molecule has 0 radical (unpaired) electrons. The van der Waals surface area contributed by atoms with E-state index in [0.717, 1.165) is 33.9 Å². The number of ether oxygens (including phenoxy) is 1. The summed E-state index contributed by atoms with van der Waals surface area (Å²) in [5, 5.41) is 5.31. The molecule has 6 rings (SSSR count). The fourth-order valence-corrected chi connectivity index (χ4v) is 6.90. The fourth-order valence-electron chi connectivity index (χ4n) is 5.08. The first kappa shape index (κ1) is 32.7. The number of nitrogens with one attached hydrogen (secondary N) is 2. The van der Waals surface area contributed by atoms with Crippen molar-refractivity contribution in [3.05, 3.63) is 142 Å². The molecule has 0 saturated carbocycles. The third-order valence-corrected chi connectivity index (χ3v) is 10.1. The molecule has 1 saturated heterocycles. The molecule has 1 heterocycles. The Kier molecular flexibility index (Phi) is 9.75. The minimum atomic E-state index is -3.96. The number of carbonyl (C=O) groups excluding carboxylic acids is 2. The second-order valence-corrected chi connectivity index (χ2v) is 14.1. The van der Waals surface area contributed by atoms with Crippen molar-refractivity contribution in [2.45, 2.75) is 38.2 Å². The normalized spacial score (nSPS) is 14.8. The molecule has 2 amide bonds. The molecule has 5 aromatic carbocycles. The zero-order chi connectivity index (χ0) is 33.7. The van der Waals surface area contributed by atoms with Crippen LogP contribution in [0.25, 0.3) is 16.8 Å². The molecule has 242 valence electrons. The molecule has 1 fully saturated rings. The van der Waals surface area contributed by atoms with E-state index in [1.54, 1.807) is 36.4 Å². The van der Waals surface area contributed by atoms with Crippen LogP contribution in [0.2, 0.25) is 0 Å². The Morgan fingerprint density at radius 2 is 1.52 bits per heavy atom. The number of amides is 2. The van der Waals surface area contributed by atoms with Gasteiger partial charge in [-0.1, -0.05) is 85.3 Å². The minimum Gasteiger partial charge on any atom is -0.488 e. The van der Waals surface area contributed by atoms with E-state index in [4.69, 9.17) is 4.74 Å². The number of sulfonamides is 1. The van der Waals surface area contributed by atoms with Crippen molar-refractivity contribution in [1.29, 1.82) is 0 Å². The number of carbonyl (C=O) groups is 2. The van der Waals surface area contributed by atoms with Gasteiger partial charge in [-0.05, 0) is 95.0 Å². The number of rotatable bonds is 10. The van der Waals surface area contributed by atoms with Crippen molar-refractivity contribution >= 4 is 61.3 Å². The highest BCUT2D eigenvalue weighted by molar-refractivity contribution is 8.18. The lowest BCUT2D eigenvalue weighted by Crippen LogP contribution is -2.31. The Morgan fingerprint density at radius 3 is 2.21 bits per heavy atom. The van der Waals surface area contributed by atoms with E-state index in [2.05, 4.69) is 46.2 Å². The van der Waals surface area contributed by atoms with Crippen LogP contribution in [0.3, 0.4) is 0 Å². The van der Waals surface area contributed by atoms with Gasteiger partial charge in [-0.15, -0.1) is 0 Å². The summed E-state index contributed by atoms with van der Waals surface area (Å²) in [6.07, 6.45) is 2.67. The number of fused-ring (bicyclic) bond motifs is 1. The third kappa shape index (κ3) is 8.02. The van der Waals surface area contributed by atoms with E-state index in [1.807, 2.05) is 49.4 Å². The van der Waals surface area contributed by atoms with Crippen molar-refractivity contribution in [3.8, 4) is 5.75 Å². The summed E-state index contributed by atoms with van der Waals surface area (Å²) in [4.78, 5) is 30.6. The number of aryl methyl sites for hydroxylation is 2. The van der Waals surface area contributed by atoms with Crippen molar-refractivity contribution < 1.29 is 22.7 Å². The molecule has 0 spiro atoms. The number of thioether (sulfide) groups is 1. The summed E-state index contributed by atoms with van der Waals surface area (Å²) in [5.74, 6) is -0.239. The highest BCUT2D eigenvalue weighted by Gasteiger charge is 2.25. The van der Waals surface area contributed by atoms with Gasteiger partial charge in [0, 0.05) is 5.56 Å². The summed E-state index contributed by atoms with van der Waals surface area (Å²) in [6, 6.07) is 33.4. The molecule has 0 unspecified atom stereocenters. The maximum atomic E-state index is 13.0. The van der Waals surface area contributed by atoms with Gasteiger partial charge in [0.1, 0.15) is 12.4 Å². The van der Waals surface area contributed by atoms with Crippen molar-refractivity contribution in [1.82, 2.24) is 10.0 Å². The Bertz CT molecular complexity index is 2160. The molecule has 0 aliphatic carbocycles. The zero-order valence-corrected chi connectivity index (χ0v) is 28.0. The summed E-state index contributed by atoms with van der Waals surface area (Å²) >= 11 is 1.23. The molecule has 1 aliphatic rings. The lowest BCUT2D eigenvalue weighted by atomic mass is 10.1. The van der Waals surface area contributed by atoms with Crippen LogP contribution in [0.1, 0.15) is 34.7 Å². The van der Waals surface area contributed by atoms with Crippen LogP contribution in [0.4, 0.5) is 5.69 Å². The number of aliphatic imine (C=N–C) groups is 1. The summed E-state index contributed by atoms with van der Waals surface area (Å²) < 4.78 is 33.5. The summed E-state index contributed by atoms with van der Waals surface area (Å²) in [6.45, 7) is 4.37. The standard InChI is InChI=1S/C38H33N3O5S2/c1-3-26-10-12-28(13-11-26)24-46-34-22-30-7-5-4-6-29(30)21-31(34)23-35-37(43)40-38(47-35)39-32-16-14-27(15-17-32)20-36(42)41-48(44,45)33-18-8-25(2)9-19-33/h4-19,21-23H,3,20,24H2,1-2H3,(H,41,42)(H,39,40,43). The topological polar surface area (TPSA) is 114 Å². The Hall–Kier alpha value is -5.19. The van der Waals surface area contributed by atoms with E-state index in [1.165, 1.54) is 29.5 Å². The maximum Gasteiger partial charge on any atom is 0.264 e. The Morgan fingerprint density at radius 1 is 0.875 bits per heavy atom. The molecule has 10 heteroatoms. The maximum absolute atomic E-state index is 13.0. The second-order valence-electron chi connectivity index (χ2n) is 11.4. The van der Waals surface area contributed by atoms with Gasteiger partial charge in [0.2, 0.25) is 5.91 Å². The molecule has 0 atom stereocenters. The van der Waals surface area contributed by atoms with E-state index in [9.17, 15) is 18.0 Å². The van der Waals surface area contributed by atoms with E-state index >= 15 is 0 Å². The third-order valence-electron chi connectivity index (χ3n) is 7.75. The number of amidine groups is 1. The average Bonchev–Trinajstić information content (AvgIpc) is 3.42. The van der Waals surface area contributed by atoms with Crippen molar-refractivity contribution in [3.63, 3.8) is 0 Å². The molecule has 2 N–H and O–H groups in total. The van der Waals surface area contributed by atoms with Crippen LogP contribution in [0.5, 0.6) is 5.75 Å². The number of nitrogens with zero attached hydrogens (tertiary/aromatic N) is 1. The molecule has 0 bridgehead atoms. The fraction of sp³-hybridized carbons (Fsp3) is 0.132. The monoisotopic (exact) mass is 675 g/mol. The highest BCUT2D eigenvalue weighted by Crippen LogP contribution is 2.33. The van der Waals surface area contributed by atoms with Gasteiger partial charge in [-0.25, -0.2) is 18.1 Å². The molecule has 48 heavy (non-hydrogen) atoms. The first-order chi connectivity index (χ1) is 23.1. The quantitative estimate of drug-likeness (QED) is 0.151. The first-order valence-corrected chi connectivity index (χ1v) is 17.7. The van der Waals surface area contributed by atoms with Gasteiger partial charge in [0.25, 0.3) is 15.9 Å². The Labute approximate surface area is 284 Å². The van der Waals surface area contributed by atoms with Crippen molar-refractivity contribution in [2.75, 3.05) is 0 Å². The van der Waals surface area contributed by atoms with Gasteiger partial charge in [-0.2, -0.15) is 0 Å². The Balaban J connectivity index is 1.14. The molecule has 0 aromatic heterocycles. The molecule has 8 nitrogen and oxygen atoms in total. The number of hydrogen-bond acceptors (Lipinski definition) is 7. The van der Waals surface area contributed by atoms with E-state index < -0.39 is 15.9 Å². The summed E-state index contributed by atoms with van der Waals surface area (Å²) in [7, 11) is -3.96. The molecular weight excluding hydrogens is 643 g/mol. The predicted molar refractivity (Wildman–Crippen MR) is 192 cm³/mol. The lowest BCUT2D eigenvalue weighted by Gasteiger charge is -2.12. The van der Waals surface area contributed by atoms with Crippen LogP contribution in [-0.2, 0) is 39.1 Å². The van der Waals surface area contributed by atoms with Gasteiger partial charge >= 0.3 is 0 Å². The molecule has 1 aliphatic heterocycles. The minimum absolute atomic E-state index is 0.0270. The number of hydrogen-bond donors (Lipinski definition) is 2. The lowest BCUT2D eigenvalue weighted by molar-refractivity contribution is -0.118. The van der Waals surface area contributed by atoms with Gasteiger partial charge in [0.05, 0.1) is 21.9 Å². The van der Waals surface area contributed by atoms with Crippen molar-refractivity contribution in [2.24, 2.45) is 4.99 Å². The van der Waals surface area contributed by atoms with Gasteiger partial charge in [-0.3, -0.25) is 9.59 Å². The smallest absolute Gasteiger partial charge is 0.264 e. The zero-order valence-electron chi connectivity index (χ0n) is 26.4. The van der Waals surface area contributed by atoms with Gasteiger partial charge < -0.3 is 10.1 Å². The molecular formula is C38H33N3O5S2. The van der Waals surface area contributed by atoms with Gasteiger partial charge in [0.15, 0.2) is 5.17 Å².